The largest absolute Gasteiger partial charge is 0.463 e. The second kappa shape index (κ2) is 5.80. The van der Waals surface area contributed by atoms with Crippen LogP contribution in [0.2, 0.25) is 0 Å². The average Bonchev–Trinajstić information content (AvgIpc) is 3.17. The van der Waals surface area contributed by atoms with Crippen molar-refractivity contribution in [1.82, 2.24) is 24.5 Å². The SMILES string of the molecule is NNc1nc(OCC2CCOC2)nc(-n2ccnc2)n1. The highest BCUT2D eigenvalue weighted by Crippen LogP contribution is 2.15. The van der Waals surface area contributed by atoms with Gasteiger partial charge in [-0.2, -0.15) is 15.0 Å². The molecule has 1 aliphatic heterocycles. The van der Waals surface area contributed by atoms with Crippen molar-refractivity contribution < 1.29 is 9.47 Å². The van der Waals surface area contributed by atoms with Gasteiger partial charge in [-0.15, -0.1) is 0 Å². The van der Waals surface area contributed by atoms with Crippen LogP contribution in [0, 0.1) is 5.92 Å². The number of hydrogen-bond donors (Lipinski definition) is 2. The number of nitrogens with one attached hydrogen (secondary N) is 1. The third-order valence-corrected chi connectivity index (χ3v) is 2.94. The first-order valence-corrected chi connectivity index (χ1v) is 6.26. The molecule has 1 aliphatic rings. The highest BCUT2D eigenvalue weighted by atomic mass is 16.5. The van der Waals surface area contributed by atoms with Crippen LogP contribution in [-0.4, -0.2) is 44.3 Å². The Labute approximate surface area is 115 Å². The molecule has 0 aliphatic carbocycles. The Morgan fingerprint density at radius 2 is 2.40 bits per heavy atom. The van der Waals surface area contributed by atoms with Crippen molar-refractivity contribution in [3.8, 4) is 12.0 Å². The van der Waals surface area contributed by atoms with Gasteiger partial charge >= 0.3 is 6.01 Å². The molecule has 0 radical (unpaired) electrons. The van der Waals surface area contributed by atoms with Crippen molar-refractivity contribution in [2.24, 2.45) is 11.8 Å². The van der Waals surface area contributed by atoms with Crippen LogP contribution in [0.1, 0.15) is 6.42 Å². The summed E-state index contributed by atoms with van der Waals surface area (Å²) in [4.78, 5) is 16.4. The van der Waals surface area contributed by atoms with Gasteiger partial charge in [-0.3, -0.25) is 9.99 Å². The topological polar surface area (TPSA) is 113 Å². The van der Waals surface area contributed by atoms with Crippen LogP contribution in [0.5, 0.6) is 6.01 Å². The summed E-state index contributed by atoms with van der Waals surface area (Å²) in [5.74, 6) is 6.36. The Balaban J connectivity index is 1.77. The van der Waals surface area contributed by atoms with Crippen LogP contribution in [-0.2, 0) is 4.74 Å². The van der Waals surface area contributed by atoms with Gasteiger partial charge in [0.25, 0.3) is 0 Å². The third-order valence-electron chi connectivity index (χ3n) is 2.94. The summed E-state index contributed by atoms with van der Waals surface area (Å²) >= 11 is 0. The number of hydrogen-bond acceptors (Lipinski definition) is 8. The number of nitrogens with zero attached hydrogens (tertiary/aromatic N) is 5. The third kappa shape index (κ3) is 2.83. The summed E-state index contributed by atoms with van der Waals surface area (Å²) in [5, 5.41) is 0. The van der Waals surface area contributed by atoms with Crippen molar-refractivity contribution in [3.05, 3.63) is 18.7 Å². The molecule has 1 saturated heterocycles. The fourth-order valence-corrected chi connectivity index (χ4v) is 1.88. The van der Waals surface area contributed by atoms with Gasteiger partial charge in [0.05, 0.1) is 13.2 Å². The van der Waals surface area contributed by atoms with Crippen LogP contribution < -0.4 is 16.0 Å². The second-order valence-corrected chi connectivity index (χ2v) is 4.40. The molecule has 0 spiro atoms. The molecular formula is C11H15N7O2. The lowest BCUT2D eigenvalue weighted by Crippen LogP contribution is -2.17. The molecule has 0 saturated carbocycles. The quantitative estimate of drug-likeness (QED) is 0.568. The van der Waals surface area contributed by atoms with Gasteiger partial charge in [0.2, 0.25) is 11.9 Å². The lowest BCUT2D eigenvalue weighted by atomic mass is 10.1. The molecule has 2 aromatic rings. The number of imidazole rings is 1. The molecule has 9 heteroatoms. The molecule has 20 heavy (non-hydrogen) atoms. The molecule has 9 nitrogen and oxygen atoms in total. The van der Waals surface area contributed by atoms with Gasteiger partial charge in [0.15, 0.2) is 0 Å². The maximum Gasteiger partial charge on any atom is 0.323 e. The highest BCUT2D eigenvalue weighted by molar-refractivity contribution is 5.28. The minimum atomic E-state index is 0.226. The average molecular weight is 277 g/mol. The Morgan fingerprint density at radius 1 is 1.45 bits per heavy atom. The van der Waals surface area contributed by atoms with Crippen molar-refractivity contribution in [2.75, 3.05) is 25.2 Å². The van der Waals surface area contributed by atoms with Crippen molar-refractivity contribution in [3.63, 3.8) is 0 Å². The maximum atomic E-state index is 5.60. The molecule has 0 amide bonds. The van der Waals surface area contributed by atoms with Crippen LogP contribution in [0.3, 0.4) is 0 Å². The fraction of sp³-hybridized carbons (Fsp3) is 0.455. The summed E-state index contributed by atoms with van der Waals surface area (Å²) in [6, 6.07) is 0.226. The number of aromatic nitrogens is 5. The molecular weight excluding hydrogens is 262 g/mol. The van der Waals surface area contributed by atoms with Gasteiger partial charge < -0.3 is 9.47 Å². The number of ether oxygens (including phenoxy) is 2. The van der Waals surface area contributed by atoms with E-state index in [0.29, 0.717) is 25.1 Å². The first-order chi connectivity index (χ1) is 9.85. The molecule has 2 aromatic heterocycles. The maximum absolute atomic E-state index is 5.60. The van der Waals surface area contributed by atoms with Crippen LogP contribution >= 0.6 is 0 Å². The van der Waals surface area contributed by atoms with E-state index in [-0.39, 0.29) is 12.0 Å². The van der Waals surface area contributed by atoms with E-state index in [1.54, 1.807) is 23.3 Å². The predicted molar refractivity (Wildman–Crippen MR) is 69.2 cm³/mol. The van der Waals surface area contributed by atoms with Crippen LogP contribution in [0.15, 0.2) is 18.7 Å². The molecule has 1 atom stereocenters. The Hall–Kier alpha value is -2.26. The Bertz CT molecular complexity index is 554. The lowest BCUT2D eigenvalue weighted by molar-refractivity contribution is 0.163. The Kier molecular flexibility index (Phi) is 3.70. The van der Waals surface area contributed by atoms with Gasteiger partial charge in [0, 0.05) is 24.9 Å². The minimum Gasteiger partial charge on any atom is -0.463 e. The number of rotatable bonds is 5. The first kappa shape index (κ1) is 12.8. The van der Waals surface area contributed by atoms with E-state index in [4.69, 9.17) is 15.3 Å². The second-order valence-electron chi connectivity index (χ2n) is 4.40. The van der Waals surface area contributed by atoms with E-state index in [1.165, 1.54) is 0 Å². The lowest BCUT2D eigenvalue weighted by Gasteiger charge is -2.10. The smallest absolute Gasteiger partial charge is 0.323 e. The van der Waals surface area contributed by atoms with Crippen LogP contribution in [0.4, 0.5) is 5.95 Å². The molecule has 0 aromatic carbocycles. The molecule has 3 N–H and O–H groups in total. The molecule has 106 valence electrons. The van der Waals surface area contributed by atoms with Gasteiger partial charge in [-0.05, 0) is 6.42 Å². The zero-order valence-electron chi connectivity index (χ0n) is 10.8. The van der Waals surface area contributed by atoms with Crippen molar-refractivity contribution in [1.29, 1.82) is 0 Å². The van der Waals surface area contributed by atoms with E-state index in [0.717, 1.165) is 13.0 Å². The zero-order chi connectivity index (χ0) is 13.8. The van der Waals surface area contributed by atoms with Crippen LogP contribution in [0.25, 0.3) is 5.95 Å². The van der Waals surface area contributed by atoms with E-state index in [1.807, 2.05) is 0 Å². The minimum absolute atomic E-state index is 0.226. The van der Waals surface area contributed by atoms with E-state index >= 15 is 0 Å². The number of nitrogen functional groups attached to an aromatic ring is 1. The predicted octanol–water partition coefficient (Wildman–Crippen LogP) is -0.242. The molecule has 3 heterocycles. The van der Waals surface area contributed by atoms with E-state index in [2.05, 4.69) is 25.4 Å². The normalized spacial score (nSPS) is 18.1. The molecule has 3 rings (SSSR count). The Morgan fingerprint density at radius 3 is 3.10 bits per heavy atom. The molecule has 1 fully saturated rings. The van der Waals surface area contributed by atoms with Gasteiger partial charge in [-0.25, -0.2) is 10.8 Å². The summed E-state index contributed by atoms with van der Waals surface area (Å²) < 4.78 is 12.5. The molecule has 0 bridgehead atoms. The van der Waals surface area contributed by atoms with Crippen molar-refractivity contribution >= 4 is 5.95 Å². The standard InChI is InChI=1S/C11H15N7O2/c12-17-9-14-10(18-3-2-13-7-18)16-11(15-9)20-6-8-1-4-19-5-8/h2-3,7-8H,1,4-6,12H2,(H,14,15,16,17). The summed E-state index contributed by atoms with van der Waals surface area (Å²) in [6.07, 6.45) is 5.94. The van der Waals surface area contributed by atoms with Crippen molar-refractivity contribution in [2.45, 2.75) is 6.42 Å². The number of anilines is 1. The summed E-state index contributed by atoms with van der Waals surface area (Å²) in [5.41, 5.74) is 2.40. The van der Waals surface area contributed by atoms with Gasteiger partial charge in [0.1, 0.15) is 6.33 Å². The fourth-order valence-electron chi connectivity index (χ4n) is 1.88. The van der Waals surface area contributed by atoms with Gasteiger partial charge in [-0.1, -0.05) is 0 Å². The summed E-state index contributed by atoms with van der Waals surface area (Å²) in [6.45, 7) is 2.00. The highest BCUT2D eigenvalue weighted by Gasteiger charge is 2.17. The molecule has 1 unspecified atom stereocenters. The zero-order valence-corrected chi connectivity index (χ0v) is 10.8. The monoisotopic (exact) mass is 277 g/mol. The van der Waals surface area contributed by atoms with E-state index < -0.39 is 0 Å². The van der Waals surface area contributed by atoms with E-state index in [9.17, 15) is 0 Å². The first-order valence-electron chi connectivity index (χ1n) is 6.26. The number of nitrogens with two attached hydrogens (primary N) is 1. The summed E-state index contributed by atoms with van der Waals surface area (Å²) in [7, 11) is 0. The number of hydrazine groups is 1.